The van der Waals surface area contributed by atoms with E-state index in [1.54, 1.807) is 0 Å². The van der Waals surface area contributed by atoms with E-state index in [-0.39, 0.29) is 11.7 Å². The highest BCUT2D eigenvalue weighted by atomic mass is 32.2. The Morgan fingerprint density at radius 3 is 2.44 bits per heavy atom. The summed E-state index contributed by atoms with van der Waals surface area (Å²) in [5.41, 5.74) is 0.0175. The van der Waals surface area contributed by atoms with Crippen molar-refractivity contribution < 1.29 is 17.2 Å². The molecule has 0 radical (unpaired) electrons. The van der Waals surface area contributed by atoms with E-state index in [0.29, 0.717) is 0 Å². The first kappa shape index (κ1) is 11.3. The first-order valence-electron chi connectivity index (χ1n) is 4.67. The average Bonchev–Trinajstić information content (AvgIpc) is 2.93. The summed E-state index contributed by atoms with van der Waals surface area (Å²) in [6.07, 6.45) is 1.76. The quantitative estimate of drug-likeness (QED) is 0.843. The summed E-state index contributed by atoms with van der Waals surface area (Å²) in [6.45, 7) is 0. The van der Waals surface area contributed by atoms with E-state index in [1.165, 1.54) is 6.07 Å². The summed E-state index contributed by atoms with van der Waals surface area (Å²) < 4.78 is 48.6. The van der Waals surface area contributed by atoms with Gasteiger partial charge in [-0.25, -0.2) is 22.3 Å². The maximum Gasteiger partial charge on any atom is 0.243 e. The van der Waals surface area contributed by atoms with Crippen LogP contribution < -0.4 is 10.5 Å². The lowest BCUT2D eigenvalue weighted by Crippen LogP contribution is -2.18. The van der Waals surface area contributed by atoms with Gasteiger partial charge >= 0.3 is 0 Å². The summed E-state index contributed by atoms with van der Waals surface area (Å²) in [7, 11) is -4.28. The molecule has 1 saturated carbocycles. The number of rotatable bonds is 3. The van der Waals surface area contributed by atoms with Crippen molar-refractivity contribution in [3.05, 3.63) is 23.8 Å². The van der Waals surface area contributed by atoms with Gasteiger partial charge in [0.1, 0.15) is 4.90 Å². The number of halogens is 2. The van der Waals surface area contributed by atoms with Crippen LogP contribution in [0.4, 0.5) is 14.5 Å². The number of nitrogens with one attached hydrogen (secondary N) is 1. The molecule has 88 valence electrons. The smallest absolute Gasteiger partial charge is 0.243 e. The summed E-state index contributed by atoms with van der Waals surface area (Å²) in [6, 6.07) is 2.16. The molecule has 0 saturated heterocycles. The van der Waals surface area contributed by atoms with E-state index in [4.69, 9.17) is 5.14 Å². The summed E-state index contributed by atoms with van der Waals surface area (Å²) in [5.74, 6) is -2.67. The third-order valence-electron chi connectivity index (χ3n) is 2.27. The third-order valence-corrected chi connectivity index (χ3v) is 3.24. The van der Waals surface area contributed by atoms with Crippen LogP contribution in [-0.2, 0) is 10.0 Å². The fourth-order valence-corrected chi connectivity index (χ4v) is 2.15. The van der Waals surface area contributed by atoms with Gasteiger partial charge in [-0.2, -0.15) is 0 Å². The van der Waals surface area contributed by atoms with Crippen LogP contribution in [0.15, 0.2) is 17.0 Å². The largest absolute Gasteiger partial charge is 0.381 e. The standard InChI is InChI=1S/C9H10F2N2O2S/c10-6-3-4-7(13-5-1-2-5)9(8(6)11)16(12,14)15/h3-5,13H,1-2H2,(H2,12,14,15). The molecule has 1 aliphatic rings. The molecule has 0 aromatic heterocycles. The lowest BCUT2D eigenvalue weighted by molar-refractivity contribution is 0.486. The van der Waals surface area contributed by atoms with Crippen LogP contribution in [0, 0.1) is 11.6 Å². The number of hydrogen-bond acceptors (Lipinski definition) is 3. The van der Waals surface area contributed by atoms with Crippen LogP contribution in [0.5, 0.6) is 0 Å². The SMILES string of the molecule is NS(=O)(=O)c1c(NC2CC2)ccc(F)c1F. The third kappa shape index (κ3) is 2.14. The molecule has 2 rings (SSSR count). The second kappa shape index (κ2) is 3.67. The molecule has 0 heterocycles. The van der Waals surface area contributed by atoms with Crippen LogP contribution in [0.25, 0.3) is 0 Å². The molecule has 0 aliphatic heterocycles. The molecule has 1 fully saturated rings. The van der Waals surface area contributed by atoms with E-state index in [9.17, 15) is 17.2 Å². The van der Waals surface area contributed by atoms with Crippen molar-refractivity contribution in [2.75, 3.05) is 5.32 Å². The average molecular weight is 248 g/mol. The molecular formula is C9H10F2N2O2S. The molecule has 16 heavy (non-hydrogen) atoms. The second-order valence-electron chi connectivity index (χ2n) is 3.70. The Morgan fingerprint density at radius 2 is 1.94 bits per heavy atom. The fourth-order valence-electron chi connectivity index (χ4n) is 1.37. The molecule has 7 heteroatoms. The first-order valence-corrected chi connectivity index (χ1v) is 6.21. The Bertz CT molecular complexity index is 527. The highest BCUT2D eigenvalue weighted by Gasteiger charge is 2.27. The number of sulfonamides is 1. The predicted molar refractivity (Wildman–Crippen MR) is 54.4 cm³/mol. The van der Waals surface area contributed by atoms with Crippen LogP contribution in [0.1, 0.15) is 12.8 Å². The summed E-state index contributed by atoms with van der Waals surface area (Å²) in [4.78, 5) is -0.806. The number of hydrogen-bond donors (Lipinski definition) is 2. The Balaban J connectivity index is 2.55. The van der Waals surface area contributed by atoms with Crippen LogP contribution in [0.2, 0.25) is 0 Å². The minimum Gasteiger partial charge on any atom is -0.381 e. The van der Waals surface area contributed by atoms with Gasteiger partial charge < -0.3 is 5.32 Å². The van der Waals surface area contributed by atoms with E-state index >= 15 is 0 Å². The number of nitrogens with two attached hydrogens (primary N) is 1. The molecule has 1 aromatic carbocycles. The maximum absolute atomic E-state index is 13.4. The maximum atomic E-state index is 13.4. The lowest BCUT2D eigenvalue weighted by Gasteiger charge is -2.10. The molecule has 3 N–H and O–H groups in total. The van der Waals surface area contributed by atoms with Crippen molar-refractivity contribution in [2.45, 2.75) is 23.8 Å². The van der Waals surface area contributed by atoms with Crippen molar-refractivity contribution in [2.24, 2.45) is 5.14 Å². The van der Waals surface area contributed by atoms with Gasteiger partial charge in [-0.15, -0.1) is 0 Å². The fraction of sp³-hybridized carbons (Fsp3) is 0.333. The Hall–Kier alpha value is -1.21. The van der Waals surface area contributed by atoms with Gasteiger partial charge in [0.2, 0.25) is 10.0 Å². The van der Waals surface area contributed by atoms with Crippen LogP contribution in [0.3, 0.4) is 0 Å². The van der Waals surface area contributed by atoms with Crippen LogP contribution in [-0.4, -0.2) is 14.5 Å². The first-order chi connectivity index (χ1) is 7.39. The van der Waals surface area contributed by atoms with Gasteiger partial charge in [0, 0.05) is 6.04 Å². The molecule has 0 amide bonds. The zero-order chi connectivity index (χ0) is 11.9. The van der Waals surface area contributed by atoms with E-state index in [0.717, 1.165) is 18.9 Å². The molecule has 0 atom stereocenters. The van der Waals surface area contributed by atoms with Crippen molar-refractivity contribution in [1.82, 2.24) is 0 Å². The topological polar surface area (TPSA) is 72.2 Å². The Morgan fingerprint density at radius 1 is 1.31 bits per heavy atom. The van der Waals surface area contributed by atoms with Crippen molar-refractivity contribution in [3.63, 3.8) is 0 Å². The Kier molecular flexibility index (Phi) is 2.59. The molecule has 0 bridgehead atoms. The molecule has 4 nitrogen and oxygen atoms in total. The zero-order valence-corrected chi connectivity index (χ0v) is 9.02. The Labute approximate surface area is 91.5 Å². The van der Waals surface area contributed by atoms with Crippen LogP contribution >= 0.6 is 0 Å². The lowest BCUT2D eigenvalue weighted by atomic mass is 10.3. The van der Waals surface area contributed by atoms with Gasteiger partial charge in [-0.05, 0) is 25.0 Å². The second-order valence-corrected chi connectivity index (χ2v) is 5.20. The van der Waals surface area contributed by atoms with Gasteiger partial charge in [0.15, 0.2) is 11.6 Å². The summed E-state index contributed by atoms with van der Waals surface area (Å²) >= 11 is 0. The molecule has 1 aliphatic carbocycles. The predicted octanol–water partition coefficient (Wildman–Crippen LogP) is 1.19. The minimum atomic E-state index is -4.28. The van der Waals surface area contributed by atoms with Crippen molar-refractivity contribution in [3.8, 4) is 0 Å². The zero-order valence-electron chi connectivity index (χ0n) is 8.20. The van der Waals surface area contributed by atoms with E-state index < -0.39 is 26.6 Å². The number of benzene rings is 1. The molecule has 1 aromatic rings. The normalized spacial score (nSPS) is 16.2. The number of anilines is 1. The van der Waals surface area contributed by atoms with Gasteiger partial charge in [0.05, 0.1) is 5.69 Å². The highest BCUT2D eigenvalue weighted by molar-refractivity contribution is 7.89. The molecule has 0 spiro atoms. The van der Waals surface area contributed by atoms with Crippen molar-refractivity contribution >= 4 is 15.7 Å². The minimum absolute atomic E-state index is 0.0175. The molecular weight excluding hydrogens is 238 g/mol. The van der Waals surface area contributed by atoms with Gasteiger partial charge in [-0.1, -0.05) is 0 Å². The van der Waals surface area contributed by atoms with Crippen molar-refractivity contribution in [1.29, 1.82) is 0 Å². The van der Waals surface area contributed by atoms with Gasteiger partial charge in [-0.3, -0.25) is 0 Å². The van der Waals surface area contributed by atoms with Gasteiger partial charge in [0.25, 0.3) is 0 Å². The summed E-state index contributed by atoms with van der Waals surface area (Å²) in [5, 5.41) is 7.64. The highest BCUT2D eigenvalue weighted by Crippen LogP contribution is 2.30. The number of primary sulfonamides is 1. The van der Waals surface area contributed by atoms with E-state index in [2.05, 4.69) is 5.32 Å². The van der Waals surface area contributed by atoms with E-state index in [1.807, 2.05) is 0 Å². The monoisotopic (exact) mass is 248 g/mol. The molecule has 0 unspecified atom stereocenters.